The first-order valence-electron chi connectivity index (χ1n) is 13.2. The van der Waals surface area contributed by atoms with E-state index in [9.17, 15) is 40.2 Å². The van der Waals surface area contributed by atoms with Crippen LogP contribution in [0, 0.1) is 28.6 Å². The molecule has 5 rings (SSSR count). The number of Topliss-reactive ketones (excluding diaryl/α,β-unsaturated/α-hetero) is 1. The van der Waals surface area contributed by atoms with Crippen LogP contribution >= 0.6 is 0 Å². The number of ether oxygens (including phenoxy) is 2. The third-order valence-corrected chi connectivity index (χ3v) is 10.3. The van der Waals surface area contributed by atoms with E-state index in [-0.39, 0.29) is 36.4 Å². The molecule has 12 atom stereocenters. The van der Waals surface area contributed by atoms with Crippen LogP contribution in [0.5, 0.6) is 0 Å². The highest BCUT2D eigenvalue weighted by molar-refractivity contribution is 6.01. The van der Waals surface area contributed by atoms with Crippen molar-refractivity contribution in [1.82, 2.24) is 0 Å². The summed E-state index contributed by atoms with van der Waals surface area (Å²) >= 11 is 0. The van der Waals surface area contributed by atoms with Gasteiger partial charge in [-0.15, -0.1) is 0 Å². The van der Waals surface area contributed by atoms with Crippen LogP contribution < -0.4 is 0 Å². The van der Waals surface area contributed by atoms with E-state index < -0.39 is 72.2 Å². The van der Waals surface area contributed by atoms with Crippen molar-refractivity contribution in [3.63, 3.8) is 0 Å². The van der Waals surface area contributed by atoms with Crippen molar-refractivity contribution in [2.45, 2.75) is 88.4 Å². The van der Waals surface area contributed by atoms with Crippen LogP contribution in [0.25, 0.3) is 0 Å². The maximum Gasteiger partial charge on any atom is 0.190 e. The summed E-state index contributed by atoms with van der Waals surface area (Å²) in [6, 6.07) is 0. The minimum absolute atomic E-state index is 0.0217. The van der Waals surface area contributed by atoms with Crippen molar-refractivity contribution in [3.05, 3.63) is 23.8 Å². The summed E-state index contributed by atoms with van der Waals surface area (Å²) in [5.41, 5.74) is -2.10. The number of aliphatic hydroxyl groups is 6. The Hall–Kier alpha value is -1.50. The quantitative estimate of drug-likeness (QED) is 0.273. The van der Waals surface area contributed by atoms with Crippen LogP contribution in [0.15, 0.2) is 23.8 Å². The molecule has 0 amide bonds. The molecule has 0 bridgehead atoms. The summed E-state index contributed by atoms with van der Waals surface area (Å²) in [7, 11) is 0. The molecule has 10 nitrogen and oxygen atoms in total. The minimum atomic E-state index is -1.77. The van der Waals surface area contributed by atoms with Crippen LogP contribution in [0.4, 0.5) is 0 Å². The standard InChI is InChI=1S/C27H38O10/c1-25-7-5-14(29)9-13(25)3-4-15-16-6-8-27(35,26(16,2)10-17(30)20(15)25)19(31)12-36-24-23(34)22(33)21(32)18(11-28)37-24/h5,7,9,15-18,20-24,28,30,32-35H,3-4,6,8,10-12H2,1-2H3/t15-,16-,17?,18+,20+,21+,22-,23+,24?,25-,26-,27-/m0/s1. The smallest absolute Gasteiger partial charge is 0.190 e. The van der Waals surface area contributed by atoms with Gasteiger partial charge in [0, 0.05) is 16.7 Å². The molecular weight excluding hydrogens is 484 g/mol. The fraction of sp³-hybridized carbons (Fsp3) is 0.778. The first-order valence-corrected chi connectivity index (χ1v) is 13.2. The molecule has 0 radical (unpaired) electrons. The Kier molecular flexibility index (Phi) is 6.81. The molecule has 1 heterocycles. The van der Waals surface area contributed by atoms with Crippen LogP contribution in [0.3, 0.4) is 0 Å². The summed E-state index contributed by atoms with van der Waals surface area (Å²) in [6.45, 7) is 2.68. The van der Waals surface area contributed by atoms with Crippen molar-refractivity contribution in [3.8, 4) is 0 Å². The highest BCUT2D eigenvalue weighted by atomic mass is 16.7. The topological polar surface area (TPSA) is 174 Å². The number of carbonyl (C=O) groups excluding carboxylic acids is 2. The molecule has 10 heteroatoms. The molecule has 1 saturated heterocycles. The lowest BCUT2D eigenvalue weighted by atomic mass is 9.46. The third kappa shape index (κ3) is 3.91. The molecule has 4 fully saturated rings. The van der Waals surface area contributed by atoms with Gasteiger partial charge in [-0.2, -0.15) is 0 Å². The summed E-state index contributed by atoms with van der Waals surface area (Å²) in [6.07, 6.45) is -0.603. The largest absolute Gasteiger partial charge is 0.394 e. The first-order chi connectivity index (χ1) is 17.4. The minimum Gasteiger partial charge on any atom is -0.394 e. The van der Waals surface area contributed by atoms with E-state index >= 15 is 0 Å². The zero-order chi connectivity index (χ0) is 26.9. The molecule has 6 N–H and O–H groups in total. The van der Waals surface area contributed by atoms with Gasteiger partial charge in [-0.3, -0.25) is 9.59 Å². The maximum atomic E-state index is 13.5. The molecule has 0 aromatic rings. The van der Waals surface area contributed by atoms with Gasteiger partial charge in [-0.1, -0.05) is 25.5 Å². The number of aliphatic hydroxyl groups excluding tert-OH is 5. The van der Waals surface area contributed by atoms with E-state index in [0.29, 0.717) is 6.42 Å². The number of hydrogen-bond donors (Lipinski definition) is 6. The molecule has 4 aliphatic carbocycles. The number of rotatable bonds is 5. The predicted molar refractivity (Wildman–Crippen MR) is 128 cm³/mol. The second-order valence-electron chi connectivity index (χ2n) is 12.0. The Morgan fingerprint density at radius 1 is 1.14 bits per heavy atom. The van der Waals surface area contributed by atoms with Gasteiger partial charge in [0.25, 0.3) is 0 Å². The molecule has 206 valence electrons. The molecule has 5 aliphatic rings. The second-order valence-corrected chi connectivity index (χ2v) is 12.0. The van der Waals surface area contributed by atoms with E-state index in [0.717, 1.165) is 18.4 Å². The van der Waals surface area contributed by atoms with E-state index in [1.54, 1.807) is 12.2 Å². The van der Waals surface area contributed by atoms with E-state index in [1.807, 2.05) is 13.0 Å². The third-order valence-electron chi connectivity index (χ3n) is 10.3. The Morgan fingerprint density at radius 2 is 1.86 bits per heavy atom. The second kappa shape index (κ2) is 9.31. The van der Waals surface area contributed by atoms with Gasteiger partial charge in [-0.05, 0) is 56.1 Å². The monoisotopic (exact) mass is 522 g/mol. The Labute approximate surface area is 215 Å². The average Bonchev–Trinajstić information content (AvgIpc) is 3.13. The maximum absolute atomic E-state index is 13.5. The Morgan fingerprint density at radius 3 is 2.57 bits per heavy atom. The van der Waals surface area contributed by atoms with E-state index in [2.05, 4.69) is 6.92 Å². The highest BCUT2D eigenvalue weighted by Crippen LogP contribution is 2.67. The van der Waals surface area contributed by atoms with Crippen molar-refractivity contribution in [2.24, 2.45) is 28.6 Å². The number of hydrogen-bond acceptors (Lipinski definition) is 10. The predicted octanol–water partition coefficient (Wildman–Crippen LogP) is -0.618. The highest BCUT2D eigenvalue weighted by Gasteiger charge is 2.68. The molecule has 1 aliphatic heterocycles. The fourth-order valence-corrected chi connectivity index (χ4v) is 8.27. The van der Waals surface area contributed by atoms with Gasteiger partial charge in [0.1, 0.15) is 36.6 Å². The summed E-state index contributed by atoms with van der Waals surface area (Å²) < 4.78 is 10.8. The van der Waals surface area contributed by atoms with Crippen molar-refractivity contribution in [1.29, 1.82) is 0 Å². The fourth-order valence-electron chi connectivity index (χ4n) is 8.27. The zero-order valence-electron chi connectivity index (χ0n) is 21.2. The Bertz CT molecular complexity index is 1010. The molecular formula is C27H38O10. The van der Waals surface area contributed by atoms with Gasteiger partial charge < -0.3 is 40.1 Å². The normalized spacial score (nSPS) is 51.2. The van der Waals surface area contributed by atoms with Crippen LogP contribution in [-0.4, -0.2) is 97.8 Å². The number of carbonyl (C=O) groups is 2. The number of fused-ring (bicyclic) bond motifs is 5. The first kappa shape index (κ1) is 27.1. The lowest BCUT2D eigenvalue weighted by molar-refractivity contribution is -0.300. The molecule has 0 aromatic carbocycles. The van der Waals surface area contributed by atoms with Gasteiger partial charge in [0.15, 0.2) is 17.9 Å². The van der Waals surface area contributed by atoms with Crippen LogP contribution in [0.2, 0.25) is 0 Å². The van der Waals surface area contributed by atoms with Crippen LogP contribution in [-0.2, 0) is 19.1 Å². The average molecular weight is 523 g/mol. The van der Waals surface area contributed by atoms with Crippen molar-refractivity contribution in [2.75, 3.05) is 13.2 Å². The SMILES string of the molecule is C[C@]12C=CC(=O)C=C1CC[C@@H]1[C@@H]2C(O)C[C@@]2(C)[C@H]1CC[C@]2(O)C(=O)COC1O[C@H](CO)[C@@H](O)[C@H](O)[C@H]1O. The van der Waals surface area contributed by atoms with Crippen LogP contribution in [0.1, 0.15) is 46.0 Å². The number of allylic oxidation sites excluding steroid dienone is 4. The molecule has 3 saturated carbocycles. The van der Waals surface area contributed by atoms with Gasteiger partial charge in [0.2, 0.25) is 0 Å². The summed E-state index contributed by atoms with van der Waals surface area (Å²) in [4.78, 5) is 25.4. The van der Waals surface area contributed by atoms with Crippen molar-refractivity contribution < 1.29 is 49.7 Å². The molecule has 2 unspecified atom stereocenters. The summed E-state index contributed by atoms with van der Waals surface area (Å²) in [5, 5.41) is 62.8. The van der Waals surface area contributed by atoms with Gasteiger partial charge in [0.05, 0.1) is 12.7 Å². The molecule has 0 spiro atoms. The van der Waals surface area contributed by atoms with Crippen molar-refractivity contribution >= 4 is 11.6 Å². The summed E-state index contributed by atoms with van der Waals surface area (Å²) in [5.74, 6) is -0.738. The molecule has 0 aromatic heterocycles. The number of ketones is 2. The Balaban J connectivity index is 1.34. The zero-order valence-corrected chi connectivity index (χ0v) is 21.2. The van der Waals surface area contributed by atoms with E-state index in [4.69, 9.17) is 9.47 Å². The van der Waals surface area contributed by atoms with Gasteiger partial charge >= 0.3 is 0 Å². The van der Waals surface area contributed by atoms with Gasteiger partial charge in [-0.25, -0.2) is 0 Å². The lowest BCUT2D eigenvalue weighted by Gasteiger charge is -2.59. The lowest BCUT2D eigenvalue weighted by Crippen LogP contribution is -2.62. The molecule has 37 heavy (non-hydrogen) atoms. The van der Waals surface area contributed by atoms with E-state index in [1.165, 1.54) is 0 Å².